The second-order valence-corrected chi connectivity index (χ2v) is 22.4. The van der Waals surface area contributed by atoms with Gasteiger partial charge >= 0.3 is 6.09 Å². The van der Waals surface area contributed by atoms with Crippen LogP contribution < -0.4 is 25.7 Å². The first-order valence-electron chi connectivity index (χ1n) is 23.9. The molecule has 1 aromatic carbocycles. The number of amides is 3. The van der Waals surface area contributed by atoms with E-state index in [1.807, 2.05) is 45.0 Å². The number of allylic oxidation sites excluding steroid dienone is 4. The highest BCUT2D eigenvalue weighted by molar-refractivity contribution is 7.90. The van der Waals surface area contributed by atoms with Crippen molar-refractivity contribution in [1.29, 1.82) is 0 Å². The summed E-state index contributed by atoms with van der Waals surface area (Å²) in [5.74, 6) is -0.123. The Balaban J connectivity index is 1.13. The summed E-state index contributed by atoms with van der Waals surface area (Å²) in [6, 6.07) is 5.79. The second kappa shape index (κ2) is 22.4. The number of aromatic amines is 1. The van der Waals surface area contributed by atoms with Crippen LogP contribution in [0.25, 0.3) is 10.9 Å². The van der Waals surface area contributed by atoms with E-state index in [2.05, 4.69) is 51.7 Å². The minimum atomic E-state index is -4.00. The van der Waals surface area contributed by atoms with E-state index in [0.29, 0.717) is 43.6 Å². The lowest BCUT2D eigenvalue weighted by atomic mass is 9.85. The van der Waals surface area contributed by atoms with Crippen molar-refractivity contribution in [3.05, 3.63) is 88.8 Å². The zero-order chi connectivity index (χ0) is 48.5. The van der Waals surface area contributed by atoms with E-state index >= 15 is 0 Å². The van der Waals surface area contributed by atoms with Crippen molar-refractivity contribution in [1.82, 2.24) is 25.2 Å². The number of hydrogen-bond donors (Lipinski definition) is 5. The standard InChI is InChI=1S/C51H75N5O9S/c1-10-30-51(12-3,47(60)55-66(62,63)50(8,9)11-2)54-45(58)40-26-19-31-56(40)46(59)43(49(5,6)7)53-48(61)65-41-33-36(41)22-14-13-15-24-38-42(37-23-16-17-25-39(37)52-44(38)57)64-32-29-35-21-18-20-34(4)27-28-35/h10,16-18,21,23,25,28,36,40-41,43,47,55,60H,1,4,11-15,19-20,22,24,26-27,29-33H2,2-3,5-9H3,(H,52,57)(H,53,61)(H,54,58). The molecule has 1 saturated heterocycles. The van der Waals surface area contributed by atoms with E-state index in [-0.39, 0.29) is 37.0 Å². The van der Waals surface area contributed by atoms with Gasteiger partial charge in [0.25, 0.3) is 5.56 Å². The van der Waals surface area contributed by atoms with Crippen LogP contribution in [0.2, 0.25) is 0 Å². The fourth-order valence-corrected chi connectivity index (χ4v) is 9.94. The number of ether oxygens (including phenoxy) is 2. The Labute approximate surface area is 392 Å². The maximum absolute atomic E-state index is 14.3. The number of para-hydroxylation sites is 1. The van der Waals surface area contributed by atoms with Crippen LogP contribution in [0.5, 0.6) is 5.75 Å². The van der Waals surface area contributed by atoms with Gasteiger partial charge in [-0.05, 0) is 114 Å². The van der Waals surface area contributed by atoms with Gasteiger partial charge in [-0.1, -0.05) is 96.0 Å². The van der Waals surface area contributed by atoms with E-state index in [1.54, 1.807) is 27.7 Å². The third-order valence-electron chi connectivity index (χ3n) is 13.7. The molecule has 0 spiro atoms. The van der Waals surface area contributed by atoms with Crippen LogP contribution in [-0.4, -0.2) is 89.2 Å². The summed E-state index contributed by atoms with van der Waals surface area (Å²) >= 11 is 0. The number of benzene rings is 1. The van der Waals surface area contributed by atoms with E-state index in [9.17, 15) is 32.7 Å². The van der Waals surface area contributed by atoms with Gasteiger partial charge in [-0.25, -0.2) is 13.2 Å². The number of nitrogens with one attached hydrogen (secondary N) is 4. The normalized spacial score (nSPS) is 20.7. The van der Waals surface area contributed by atoms with Gasteiger partial charge in [0.15, 0.2) is 0 Å². The molecule has 1 aromatic heterocycles. The van der Waals surface area contributed by atoms with Gasteiger partial charge in [0.1, 0.15) is 30.2 Å². The lowest BCUT2D eigenvalue weighted by Gasteiger charge is -2.41. The molecule has 5 N–H and O–H groups in total. The largest absolute Gasteiger partial charge is 0.492 e. The van der Waals surface area contributed by atoms with Crippen LogP contribution in [0, 0.1) is 11.3 Å². The van der Waals surface area contributed by atoms with Crippen LogP contribution in [0.4, 0.5) is 4.79 Å². The SMILES string of the molecule is C=CCC(CC)(NC(=O)C1CCCN1C(=O)C(NC(=O)OC1CC1CCCCCc1c(OCCC2=CCC(=C)CC=C2)c2ccccc2[nH]c1=O)C(C)(C)C)C(O)NS(=O)(=O)C(C)(C)CC. The molecule has 2 aromatic rings. The van der Waals surface area contributed by atoms with Crippen LogP contribution in [0.3, 0.4) is 0 Å². The number of likely N-dealkylation sites (tertiary alicyclic amines) is 1. The molecule has 364 valence electrons. The predicted molar refractivity (Wildman–Crippen MR) is 260 cm³/mol. The molecule has 1 saturated carbocycles. The van der Waals surface area contributed by atoms with Crippen molar-refractivity contribution in [3.63, 3.8) is 0 Å². The van der Waals surface area contributed by atoms with Crippen molar-refractivity contribution >= 4 is 38.8 Å². The average molecular weight is 934 g/mol. The van der Waals surface area contributed by atoms with Crippen molar-refractivity contribution in [2.45, 2.75) is 173 Å². The lowest BCUT2D eigenvalue weighted by molar-refractivity contribution is -0.143. The molecule has 6 atom stereocenters. The third kappa shape index (κ3) is 13.0. The van der Waals surface area contributed by atoms with Crippen LogP contribution >= 0.6 is 0 Å². The Morgan fingerprint density at radius 2 is 1.79 bits per heavy atom. The van der Waals surface area contributed by atoms with Gasteiger partial charge in [-0.15, -0.1) is 6.58 Å². The fourth-order valence-electron chi connectivity index (χ4n) is 8.72. The lowest BCUT2D eigenvalue weighted by Crippen LogP contribution is -2.66. The number of unbranched alkanes of at least 4 members (excludes halogenated alkanes) is 2. The number of aliphatic hydroxyl groups excluding tert-OH is 1. The number of carbonyl (C=O) groups excluding carboxylic acids is 3. The molecule has 2 heterocycles. The van der Waals surface area contributed by atoms with E-state index < -0.39 is 61.9 Å². The van der Waals surface area contributed by atoms with Crippen LogP contribution in [-0.2, 0) is 30.8 Å². The number of nitrogens with zero attached hydrogens (tertiary/aromatic N) is 1. The smallest absolute Gasteiger partial charge is 0.408 e. The van der Waals surface area contributed by atoms with Gasteiger partial charge in [0.05, 0.1) is 28.0 Å². The molecule has 0 bridgehead atoms. The maximum Gasteiger partial charge on any atom is 0.408 e. The number of rotatable bonds is 23. The Bertz CT molecular complexity index is 2310. The number of alkyl carbamates (subject to hydrolysis) is 1. The minimum absolute atomic E-state index is 0.0597. The number of hydrogen-bond acceptors (Lipinski definition) is 9. The zero-order valence-corrected chi connectivity index (χ0v) is 41.1. The number of fused-ring (bicyclic) bond motifs is 1. The fraction of sp³-hybridized carbons (Fsp3) is 0.608. The molecule has 6 unspecified atom stereocenters. The highest BCUT2D eigenvalue weighted by atomic mass is 32.2. The Kier molecular flexibility index (Phi) is 17.7. The first kappa shape index (κ1) is 52.2. The highest BCUT2D eigenvalue weighted by Gasteiger charge is 2.47. The second-order valence-electron chi connectivity index (χ2n) is 20.0. The molecule has 1 aliphatic heterocycles. The maximum atomic E-state index is 14.3. The van der Waals surface area contributed by atoms with Gasteiger partial charge in [-0.2, -0.15) is 4.72 Å². The molecule has 66 heavy (non-hydrogen) atoms. The highest BCUT2D eigenvalue weighted by Crippen LogP contribution is 2.39. The Hall–Kier alpha value is -4.73. The number of H-pyrrole nitrogens is 1. The first-order valence-corrected chi connectivity index (χ1v) is 25.3. The van der Waals surface area contributed by atoms with Crippen LogP contribution in [0.1, 0.15) is 138 Å². The van der Waals surface area contributed by atoms with Gasteiger partial charge in [0.2, 0.25) is 21.8 Å². The topological polar surface area (TPSA) is 196 Å². The van der Waals surface area contributed by atoms with Crippen molar-refractivity contribution in [2.24, 2.45) is 11.3 Å². The summed E-state index contributed by atoms with van der Waals surface area (Å²) in [5, 5.41) is 18.0. The van der Waals surface area contributed by atoms with Crippen molar-refractivity contribution < 1.29 is 37.4 Å². The monoisotopic (exact) mass is 934 g/mol. The number of aliphatic hydroxyl groups is 1. The molecule has 5 rings (SSSR count). The van der Waals surface area contributed by atoms with E-state index in [4.69, 9.17) is 9.47 Å². The van der Waals surface area contributed by atoms with E-state index in [1.165, 1.54) is 22.1 Å². The van der Waals surface area contributed by atoms with Gasteiger partial charge in [-0.3, -0.25) is 14.4 Å². The summed E-state index contributed by atoms with van der Waals surface area (Å²) in [4.78, 5) is 59.5. The molecule has 3 aliphatic rings. The summed E-state index contributed by atoms with van der Waals surface area (Å²) in [6.45, 7) is 20.7. The van der Waals surface area contributed by atoms with Gasteiger partial charge < -0.3 is 35.1 Å². The summed E-state index contributed by atoms with van der Waals surface area (Å²) in [6.07, 6.45) is 13.9. The average Bonchev–Trinajstić information content (AvgIpc) is 3.86. The minimum Gasteiger partial charge on any atom is -0.492 e. The number of sulfonamides is 1. The molecular weight excluding hydrogens is 859 g/mol. The summed E-state index contributed by atoms with van der Waals surface area (Å²) < 4.78 is 39.8. The first-order chi connectivity index (χ1) is 31.2. The molecular formula is C51H75N5O9S. The van der Waals surface area contributed by atoms with Gasteiger partial charge in [0, 0.05) is 18.4 Å². The predicted octanol–water partition coefficient (Wildman–Crippen LogP) is 8.02. The van der Waals surface area contributed by atoms with E-state index in [0.717, 1.165) is 62.3 Å². The summed E-state index contributed by atoms with van der Waals surface area (Å²) in [5.41, 5.74) is 1.46. The molecule has 3 amide bonds. The Morgan fingerprint density at radius 1 is 1.05 bits per heavy atom. The molecule has 14 nitrogen and oxygen atoms in total. The van der Waals surface area contributed by atoms with Crippen LogP contribution in [0.15, 0.2) is 77.7 Å². The molecule has 15 heteroatoms. The molecule has 2 aliphatic carbocycles. The van der Waals surface area contributed by atoms with Crippen molar-refractivity contribution in [2.75, 3.05) is 13.2 Å². The Morgan fingerprint density at radius 3 is 2.48 bits per heavy atom. The number of aromatic nitrogens is 1. The third-order valence-corrected chi connectivity index (χ3v) is 16.0. The quantitative estimate of drug-likeness (QED) is 0.0417. The zero-order valence-electron chi connectivity index (χ0n) is 40.3. The van der Waals surface area contributed by atoms with Crippen molar-refractivity contribution in [3.8, 4) is 5.75 Å². The molecule has 2 fully saturated rings. The number of pyridine rings is 1. The number of carbonyl (C=O) groups is 3. The summed E-state index contributed by atoms with van der Waals surface area (Å²) in [7, 11) is -4.00. The molecule has 0 radical (unpaired) electrons.